The molecule has 3 heterocycles. The number of hydrogen-bond donors (Lipinski definition) is 0. The lowest BCUT2D eigenvalue weighted by Gasteiger charge is -2.34. The molecule has 0 atom stereocenters. The van der Waals surface area contributed by atoms with Crippen molar-refractivity contribution in [2.45, 2.75) is 6.92 Å². The molecule has 0 saturated carbocycles. The zero-order valence-corrected chi connectivity index (χ0v) is 17.2. The highest BCUT2D eigenvalue weighted by atomic mass is 32.1. The molecular weight excluding hydrogens is 382 g/mol. The first-order chi connectivity index (χ1) is 14.2. The fourth-order valence-electron chi connectivity index (χ4n) is 3.28. The highest BCUT2D eigenvalue weighted by molar-refractivity contribution is 7.17. The number of amides is 1. The summed E-state index contributed by atoms with van der Waals surface area (Å²) in [7, 11) is 0. The molecule has 4 rings (SSSR count). The number of nitrogens with zero attached hydrogens (tertiary/aromatic N) is 5. The average Bonchev–Trinajstić information content (AvgIpc) is 3.17. The van der Waals surface area contributed by atoms with Crippen molar-refractivity contribution in [1.82, 2.24) is 24.8 Å². The maximum absolute atomic E-state index is 13.0. The van der Waals surface area contributed by atoms with Gasteiger partial charge in [-0.1, -0.05) is 42.5 Å². The van der Waals surface area contributed by atoms with E-state index in [0.717, 1.165) is 38.4 Å². The van der Waals surface area contributed by atoms with Crippen molar-refractivity contribution in [2.75, 3.05) is 32.7 Å². The van der Waals surface area contributed by atoms with Gasteiger partial charge in [0.25, 0.3) is 5.91 Å². The summed E-state index contributed by atoms with van der Waals surface area (Å²) in [4.78, 5) is 30.9. The summed E-state index contributed by atoms with van der Waals surface area (Å²) in [6.07, 6.45) is 7.70. The number of aromatic nitrogens is 3. The minimum atomic E-state index is 0.0571. The van der Waals surface area contributed by atoms with Gasteiger partial charge in [0, 0.05) is 45.1 Å². The van der Waals surface area contributed by atoms with E-state index in [2.05, 4.69) is 44.1 Å². The van der Waals surface area contributed by atoms with E-state index in [1.807, 2.05) is 30.0 Å². The minimum absolute atomic E-state index is 0.0571. The van der Waals surface area contributed by atoms with E-state index in [1.165, 1.54) is 16.9 Å². The van der Waals surface area contributed by atoms with Crippen LogP contribution < -0.4 is 0 Å². The monoisotopic (exact) mass is 405 g/mol. The maximum atomic E-state index is 13.0. The molecule has 1 fully saturated rings. The standard InChI is InChI=1S/C22H23N5OS/c1-17-19(29-21(25-17)20-23-10-6-11-24-20)22(28)27-15-13-26(14-16-27)12-5-9-18-7-3-2-4-8-18/h2-11H,12-16H2,1H3/b9-5+. The van der Waals surface area contributed by atoms with Crippen LogP contribution in [-0.2, 0) is 0 Å². The van der Waals surface area contributed by atoms with Gasteiger partial charge < -0.3 is 4.90 Å². The number of rotatable bonds is 5. The van der Waals surface area contributed by atoms with Crippen molar-refractivity contribution in [3.63, 3.8) is 0 Å². The van der Waals surface area contributed by atoms with Gasteiger partial charge in [-0.25, -0.2) is 15.0 Å². The Morgan fingerprint density at radius 1 is 1.07 bits per heavy atom. The highest BCUT2D eigenvalue weighted by Crippen LogP contribution is 2.26. The topological polar surface area (TPSA) is 62.2 Å². The first-order valence-electron chi connectivity index (χ1n) is 9.69. The first-order valence-corrected chi connectivity index (χ1v) is 10.5. The van der Waals surface area contributed by atoms with E-state index in [-0.39, 0.29) is 5.91 Å². The lowest BCUT2D eigenvalue weighted by atomic mass is 10.2. The Bertz CT molecular complexity index is 979. The van der Waals surface area contributed by atoms with Crippen LogP contribution in [0.1, 0.15) is 20.9 Å². The van der Waals surface area contributed by atoms with Crippen molar-refractivity contribution >= 4 is 23.3 Å². The smallest absolute Gasteiger partial charge is 0.265 e. The third-order valence-corrected chi connectivity index (χ3v) is 6.02. The molecule has 1 aromatic carbocycles. The zero-order valence-electron chi connectivity index (χ0n) is 16.4. The second-order valence-corrected chi connectivity index (χ2v) is 7.91. The van der Waals surface area contributed by atoms with Gasteiger partial charge in [0.05, 0.1) is 5.69 Å². The third-order valence-electron chi connectivity index (χ3n) is 4.88. The molecule has 0 unspecified atom stereocenters. The van der Waals surface area contributed by atoms with Crippen LogP contribution in [0, 0.1) is 6.92 Å². The Morgan fingerprint density at radius 3 is 2.52 bits per heavy atom. The van der Waals surface area contributed by atoms with Crippen LogP contribution in [0.3, 0.4) is 0 Å². The van der Waals surface area contributed by atoms with E-state index >= 15 is 0 Å². The van der Waals surface area contributed by atoms with E-state index in [1.54, 1.807) is 18.5 Å². The van der Waals surface area contributed by atoms with Crippen LogP contribution in [0.4, 0.5) is 0 Å². The molecule has 0 radical (unpaired) electrons. The molecule has 0 spiro atoms. The molecule has 0 N–H and O–H groups in total. The van der Waals surface area contributed by atoms with Gasteiger partial charge >= 0.3 is 0 Å². The van der Waals surface area contributed by atoms with Crippen LogP contribution in [0.2, 0.25) is 0 Å². The van der Waals surface area contributed by atoms with Crippen LogP contribution in [0.15, 0.2) is 54.9 Å². The summed E-state index contributed by atoms with van der Waals surface area (Å²) in [6, 6.07) is 12.1. The first kappa shape index (κ1) is 19.4. The number of carbonyl (C=O) groups is 1. The van der Waals surface area contributed by atoms with E-state index < -0.39 is 0 Å². The third kappa shape index (κ3) is 4.75. The molecular formula is C22H23N5OS. The number of carbonyl (C=O) groups excluding carboxylic acids is 1. The lowest BCUT2D eigenvalue weighted by Crippen LogP contribution is -2.48. The van der Waals surface area contributed by atoms with Crippen molar-refractivity contribution in [1.29, 1.82) is 0 Å². The number of thiazole rings is 1. The summed E-state index contributed by atoms with van der Waals surface area (Å²) >= 11 is 1.37. The van der Waals surface area contributed by atoms with Gasteiger partial charge in [0.15, 0.2) is 10.8 Å². The second kappa shape index (κ2) is 9.07. The molecule has 7 heteroatoms. The number of piperazine rings is 1. The van der Waals surface area contributed by atoms with Gasteiger partial charge in [-0.3, -0.25) is 9.69 Å². The summed E-state index contributed by atoms with van der Waals surface area (Å²) in [6.45, 7) is 5.97. The van der Waals surface area contributed by atoms with Crippen LogP contribution >= 0.6 is 11.3 Å². The van der Waals surface area contributed by atoms with Gasteiger partial charge in [-0.15, -0.1) is 11.3 Å². The molecule has 3 aromatic rings. The molecule has 1 aliphatic heterocycles. The van der Waals surface area contributed by atoms with Crippen molar-refractivity contribution < 1.29 is 4.79 Å². The predicted molar refractivity (Wildman–Crippen MR) is 116 cm³/mol. The summed E-state index contributed by atoms with van der Waals surface area (Å²) in [5, 5.41) is 0.691. The van der Waals surface area contributed by atoms with Gasteiger partial charge in [-0.2, -0.15) is 0 Å². The second-order valence-electron chi connectivity index (χ2n) is 6.91. The van der Waals surface area contributed by atoms with E-state index in [0.29, 0.717) is 15.7 Å². The molecule has 1 aliphatic rings. The Hall–Kier alpha value is -2.90. The van der Waals surface area contributed by atoms with Crippen LogP contribution in [-0.4, -0.2) is 63.4 Å². The molecule has 1 amide bonds. The summed E-state index contributed by atoms with van der Waals surface area (Å²) < 4.78 is 0. The molecule has 148 valence electrons. The minimum Gasteiger partial charge on any atom is -0.335 e. The largest absolute Gasteiger partial charge is 0.335 e. The molecule has 2 aromatic heterocycles. The normalized spacial score (nSPS) is 15.1. The Labute approximate surface area is 174 Å². The fraction of sp³-hybridized carbons (Fsp3) is 0.273. The fourth-order valence-corrected chi connectivity index (χ4v) is 4.26. The Kier molecular flexibility index (Phi) is 6.07. The van der Waals surface area contributed by atoms with Gasteiger partial charge in [0.1, 0.15) is 4.88 Å². The number of hydrogen-bond acceptors (Lipinski definition) is 6. The lowest BCUT2D eigenvalue weighted by molar-refractivity contribution is 0.0654. The van der Waals surface area contributed by atoms with Crippen molar-refractivity contribution in [3.05, 3.63) is 71.0 Å². The predicted octanol–water partition coefficient (Wildman–Crippen LogP) is 3.38. The average molecular weight is 406 g/mol. The van der Waals surface area contributed by atoms with Crippen LogP contribution in [0.5, 0.6) is 0 Å². The van der Waals surface area contributed by atoms with Crippen LogP contribution in [0.25, 0.3) is 16.9 Å². The quantitative estimate of drug-likeness (QED) is 0.651. The van der Waals surface area contributed by atoms with E-state index in [4.69, 9.17) is 0 Å². The number of aryl methyl sites for hydroxylation is 1. The molecule has 0 aliphatic carbocycles. The summed E-state index contributed by atoms with van der Waals surface area (Å²) in [5.41, 5.74) is 1.95. The zero-order chi connectivity index (χ0) is 20.1. The molecule has 1 saturated heterocycles. The maximum Gasteiger partial charge on any atom is 0.265 e. The number of benzene rings is 1. The van der Waals surface area contributed by atoms with Gasteiger partial charge in [0.2, 0.25) is 0 Å². The Morgan fingerprint density at radius 2 is 1.79 bits per heavy atom. The molecule has 0 bridgehead atoms. The SMILES string of the molecule is Cc1nc(-c2ncccn2)sc1C(=O)N1CCN(C/C=C/c2ccccc2)CC1. The van der Waals surface area contributed by atoms with Crippen molar-refractivity contribution in [2.24, 2.45) is 0 Å². The van der Waals surface area contributed by atoms with Gasteiger partial charge in [-0.05, 0) is 18.6 Å². The molecule has 6 nitrogen and oxygen atoms in total. The molecule has 29 heavy (non-hydrogen) atoms. The van der Waals surface area contributed by atoms with E-state index in [9.17, 15) is 4.79 Å². The summed E-state index contributed by atoms with van der Waals surface area (Å²) in [5.74, 6) is 0.622. The Balaban J connectivity index is 1.33. The van der Waals surface area contributed by atoms with Crippen molar-refractivity contribution in [3.8, 4) is 10.8 Å². The highest BCUT2D eigenvalue weighted by Gasteiger charge is 2.25.